The smallest absolute Gasteiger partial charge is 0.408 e. The molecule has 2 N–H and O–H groups in total. The second-order valence-electron chi connectivity index (χ2n) is 14.6. The molecule has 59 heavy (non-hydrogen) atoms. The van der Waals surface area contributed by atoms with E-state index in [0.29, 0.717) is 51.8 Å². The van der Waals surface area contributed by atoms with Crippen molar-refractivity contribution in [3.63, 3.8) is 0 Å². The summed E-state index contributed by atoms with van der Waals surface area (Å²) in [6.07, 6.45) is 3.03. The summed E-state index contributed by atoms with van der Waals surface area (Å²) in [7, 11) is 3.01. The third-order valence-corrected chi connectivity index (χ3v) is 11.7. The highest BCUT2D eigenvalue weighted by atomic mass is 35.5. The number of esters is 1. The average molecular weight is 841 g/mol. The number of aromatic carboxylic acids is 1. The van der Waals surface area contributed by atoms with Crippen LogP contribution in [0.3, 0.4) is 0 Å². The molecular weight excluding hydrogens is 797 g/mol. The number of fused-ring (bicyclic) bond motifs is 3. The molecule has 12 nitrogen and oxygen atoms in total. The highest BCUT2D eigenvalue weighted by Gasteiger charge is 2.37. The molecule has 0 spiro atoms. The zero-order valence-electron chi connectivity index (χ0n) is 32.4. The Labute approximate surface area is 351 Å². The molecule has 5 aromatic rings. The molecule has 0 saturated carbocycles. The Bertz CT molecular complexity index is 2300. The molecule has 3 atom stereocenters. The van der Waals surface area contributed by atoms with Crippen molar-refractivity contribution in [1.29, 1.82) is 0 Å². The van der Waals surface area contributed by atoms with Gasteiger partial charge in [-0.15, -0.1) is 0 Å². The van der Waals surface area contributed by atoms with E-state index < -0.39 is 30.2 Å². The van der Waals surface area contributed by atoms with Gasteiger partial charge >= 0.3 is 12.1 Å². The summed E-state index contributed by atoms with van der Waals surface area (Å²) in [4.78, 5) is 42.2. The number of hydrogen-bond acceptors (Lipinski definition) is 10. The van der Waals surface area contributed by atoms with Crippen molar-refractivity contribution in [3.8, 4) is 11.5 Å². The first-order valence-corrected chi connectivity index (χ1v) is 19.9. The molecule has 4 heterocycles. The Morgan fingerprint density at radius 3 is 2.19 bits per heavy atom. The monoisotopic (exact) mass is 839 g/mol. The molecule has 3 aliphatic rings. The quantitative estimate of drug-likeness (QED) is 0.0717. The van der Waals surface area contributed by atoms with E-state index in [0.717, 1.165) is 36.2 Å². The van der Waals surface area contributed by atoms with Gasteiger partial charge in [-0.1, -0.05) is 89.9 Å². The first kappa shape index (κ1) is 41.3. The topological polar surface area (TPSA) is 151 Å². The number of piperidine rings is 3. The number of carboxylic acid groups (broad SMARTS) is 1. The number of pyridine rings is 1. The van der Waals surface area contributed by atoms with Crippen LogP contribution in [0.15, 0.2) is 103 Å². The lowest BCUT2D eigenvalue weighted by atomic mass is 9.86. The number of amides is 1. The first-order chi connectivity index (χ1) is 28.5. The van der Waals surface area contributed by atoms with Crippen LogP contribution in [-0.2, 0) is 22.3 Å². The SMILES string of the molecule is COc1ccc([C@H](Cc2c(Cl)c[n+](O)cc2Cl)OC(=O)c2ccc(Cc3c(C(=O)[O-])cccc3[C@@H](NC(=O)O[C@H]3CN4CCC3CC4)c3ccccc3)cc2)cc1OC. The fourth-order valence-corrected chi connectivity index (χ4v) is 8.55. The predicted molar refractivity (Wildman–Crippen MR) is 216 cm³/mol. The molecular formula is C45H43Cl2N3O9. The van der Waals surface area contributed by atoms with Crippen LogP contribution in [0.25, 0.3) is 0 Å². The van der Waals surface area contributed by atoms with Crippen LogP contribution < -0.4 is 24.6 Å². The molecule has 1 aromatic heterocycles. The number of nitrogens with one attached hydrogen (secondary N) is 1. The number of carbonyl (C=O) groups excluding carboxylic acids is 3. The van der Waals surface area contributed by atoms with Gasteiger partial charge in [-0.25, -0.2) is 9.59 Å². The summed E-state index contributed by atoms with van der Waals surface area (Å²) < 4.78 is 23.7. The minimum absolute atomic E-state index is 0.0258. The Morgan fingerprint density at radius 2 is 1.56 bits per heavy atom. The second-order valence-corrected chi connectivity index (χ2v) is 15.4. The summed E-state index contributed by atoms with van der Waals surface area (Å²) in [5, 5.41) is 25.9. The maximum absolute atomic E-state index is 13.8. The number of ether oxygens (including phenoxy) is 4. The maximum Gasteiger partial charge on any atom is 0.408 e. The number of halogens is 2. The molecule has 0 radical (unpaired) electrons. The lowest BCUT2D eigenvalue weighted by molar-refractivity contribution is -0.904. The lowest BCUT2D eigenvalue weighted by Crippen LogP contribution is -2.52. The number of alkyl carbamates (subject to hydrolysis) is 1. The van der Waals surface area contributed by atoms with Crippen LogP contribution in [0.4, 0.5) is 4.79 Å². The van der Waals surface area contributed by atoms with Crippen LogP contribution >= 0.6 is 23.2 Å². The summed E-state index contributed by atoms with van der Waals surface area (Å²) in [6, 6.07) is 25.2. The van der Waals surface area contributed by atoms with Crippen LogP contribution in [0.2, 0.25) is 10.0 Å². The molecule has 14 heteroatoms. The molecule has 0 unspecified atom stereocenters. The van der Waals surface area contributed by atoms with Gasteiger partial charge in [0.1, 0.15) is 22.3 Å². The Kier molecular flexibility index (Phi) is 12.9. The van der Waals surface area contributed by atoms with Gasteiger partial charge in [0.25, 0.3) is 0 Å². The fraction of sp³-hybridized carbons (Fsp3) is 0.289. The minimum Gasteiger partial charge on any atom is -0.545 e. The third kappa shape index (κ3) is 9.57. The number of methoxy groups -OCH3 is 2. The van der Waals surface area contributed by atoms with Gasteiger partial charge < -0.3 is 34.2 Å². The van der Waals surface area contributed by atoms with Crippen molar-refractivity contribution < 1.29 is 48.4 Å². The normalized spacial score (nSPS) is 18.0. The van der Waals surface area contributed by atoms with E-state index in [-0.39, 0.29) is 40.1 Å². The van der Waals surface area contributed by atoms with Gasteiger partial charge in [-0.3, -0.25) is 10.1 Å². The van der Waals surface area contributed by atoms with E-state index in [4.69, 9.17) is 42.1 Å². The minimum atomic E-state index is -1.36. The van der Waals surface area contributed by atoms with Gasteiger partial charge in [0.15, 0.2) is 11.5 Å². The van der Waals surface area contributed by atoms with Gasteiger partial charge in [-0.05, 0) is 90.4 Å². The van der Waals surface area contributed by atoms with Crippen molar-refractivity contribution in [2.24, 2.45) is 5.92 Å². The highest BCUT2D eigenvalue weighted by molar-refractivity contribution is 6.35. The van der Waals surface area contributed by atoms with Crippen LogP contribution in [0.1, 0.15) is 79.1 Å². The van der Waals surface area contributed by atoms with Gasteiger partial charge in [-0.2, -0.15) is 0 Å². The summed E-state index contributed by atoms with van der Waals surface area (Å²) in [5.41, 5.74) is 3.65. The molecule has 1 amide bonds. The number of nitrogens with zero attached hydrogens (tertiary/aromatic N) is 2. The van der Waals surface area contributed by atoms with Gasteiger partial charge in [0.2, 0.25) is 12.4 Å². The lowest BCUT2D eigenvalue weighted by Gasteiger charge is -2.44. The van der Waals surface area contributed by atoms with E-state index in [9.17, 15) is 24.7 Å². The van der Waals surface area contributed by atoms with Crippen molar-refractivity contribution >= 4 is 41.2 Å². The van der Waals surface area contributed by atoms with Crippen LogP contribution in [0.5, 0.6) is 11.5 Å². The zero-order valence-corrected chi connectivity index (χ0v) is 33.9. The molecule has 2 bridgehead atoms. The Morgan fingerprint density at radius 1 is 0.864 bits per heavy atom. The maximum atomic E-state index is 13.8. The number of aromatic nitrogens is 1. The molecule has 3 aliphatic heterocycles. The number of carbonyl (C=O) groups is 3. The first-order valence-electron chi connectivity index (χ1n) is 19.2. The van der Waals surface area contributed by atoms with Crippen LogP contribution in [-0.4, -0.2) is 68.1 Å². The standard InChI is InChI=1S/C45H43Cl2N3O9/c1-56-38-16-15-31(22-40(38)57-2)39(23-35-36(46)24-50(55)25-37(35)47)58-44(53)30-13-11-27(12-14-30)21-34-32(9-6-10-33(34)43(51)52)42(29-7-4-3-5-8-29)48-45(54)59-41-26-49-19-17-28(41)18-20-49/h3-16,22,24-25,28,39,41-42H,17-21,23,26H2,1-2H3,(H2-,48,51,52,54,55)/t39-,41-,42-/m0/s1. The molecule has 8 rings (SSSR count). The molecule has 0 aliphatic carbocycles. The largest absolute Gasteiger partial charge is 0.545 e. The van der Waals surface area contributed by atoms with Crippen molar-refractivity contribution in [2.75, 3.05) is 33.9 Å². The number of hydrogen-bond donors (Lipinski definition) is 2. The van der Waals surface area contributed by atoms with Crippen molar-refractivity contribution in [1.82, 2.24) is 10.2 Å². The molecule has 3 saturated heterocycles. The average Bonchev–Trinajstić information content (AvgIpc) is 3.24. The van der Waals surface area contributed by atoms with E-state index in [1.54, 1.807) is 54.6 Å². The van der Waals surface area contributed by atoms with E-state index in [1.165, 1.54) is 32.7 Å². The number of benzene rings is 4. The van der Waals surface area contributed by atoms with E-state index >= 15 is 0 Å². The molecule has 306 valence electrons. The number of carboxylic acids is 1. The number of rotatable bonds is 14. The van der Waals surface area contributed by atoms with E-state index in [1.807, 2.05) is 30.3 Å². The third-order valence-electron chi connectivity index (χ3n) is 11.0. The zero-order chi connectivity index (χ0) is 41.6. The second kappa shape index (κ2) is 18.4. The van der Waals surface area contributed by atoms with E-state index in [2.05, 4.69) is 10.2 Å². The van der Waals surface area contributed by atoms with Crippen molar-refractivity contribution in [3.05, 3.63) is 158 Å². The van der Waals surface area contributed by atoms with Gasteiger partial charge in [0, 0.05) is 28.8 Å². The summed E-state index contributed by atoms with van der Waals surface area (Å²) in [6.45, 7) is 2.71. The summed E-state index contributed by atoms with van der Waals surface area (Å²) >= 11 is 12.9. The molecule has 3 fully saturated rings. The summed E-state index contributed by atoms with van der Waals surface area (Å²) in [5.74, 6) is -0.807. The molecule has 4 aromatic carbocycles. The fourth-order valence-electron chi connectivity index (χ4n) is 7.94. The predicted octanol–water partition coefficient (Wildman–Crippen LogP) is 6.54. The van der Waals surface area contributed by atoms with Crippen molar-refractivity contribution in [2.45, 2.75) is 43.9 Å². The van der Waals surface area contributed by atoms with Gasteiger partial charge in [0.05, 0.1) is 31.8 Å². The highest BCUT2D eigenvalue weighted by Crippen LogP contribution is 2.36. The van der Waals surface area contributed by atoms with Crippen LogP contribution in [0, 0.1) is 5.92 Å². The Balaban J connectivity index is 1.15. The Hall–Kier alpha value is -5.82.